The fourth-order valence-electron chi connectivity index (χ4n) is 4.31. The van der Waals surface area contributed by atoms with E-state index in [1.165, 1.54) is 5.56 Å². The van der Waals surface area contributed by atoms with Gasteiger partial charge in [-0.25, -0.2) is 4.98 Å². The number of amides is 1. The van der Waals surface area contributed by atoms with Gasteiger partial charge in [0.15, 0.2) is 0 Å². The van der Waals surface area contributed by atoms with Crippen molar-refractivity contribution in [2.45, 2.75) is 44.6 Å². The molecule has 0 saturated carbocycles. The zero-order chi connectivity index (χ0) is 19.5. The summed E-state index contributed by atoms with van der Waals surface area (Å²) in [5.74, 6) is 1.37. The average molecular weight is 383 g/mol. The van der Waals surface area contributed by atoms with Gasteiger partial charge in [0.2, 0.25) is 5.91 Å². The lowest BCUT2D eigenvalue weighted by Crippen LogP contribution is -2.39. The first-order valence-electron chi connectivity index (χ1n) is 10.3. The highest BCUT2D eigenvalue weighted by Crippen LogP contribution is 2.26. The van der Waals surface area contributed by atoms with Crippen molar-refractivity contribution in [2.24, 2.45) is 5.92 Å². The van der Waals surface area contributed by atoms with Crippen LogP contribution < -0.4 is 10.2 Å². The Bertz CT molecular complexity index is 799. The summed E-state index contributed by atoms with van der Waals surface area (Å²) >= 11 is 0. The molecule has 4 rings (SSSR count). The van der Waals surface area contributed by atoms with E-state index in [9.17, 15) is 4.79 Å². The van der Waals surface area contributed by atoms with E-state index in [-0.39, 0.29) is 5.92 Å². The molecular weight excluding hydrogens is 352 g/mol. The topological polar surface area (TPSA) is 77.1 Å². The molecule has 7 heteroatoms. The van der Waals surface area contributed by atoms with Crippen molar-refractivity contribution in [1.29, 1.82) is 0 Å². The summed E-state index contributed by atoms with van der Waals surface area (Å²) in [5, 5.41) is 10.8. The van der Waals surface area contributed by atoms with E-state index < -0.39 is 0 Å². The van der Waals surface area contributed by atoms with Gasteiger partial charge in [-0.1, -0.05) is 0 Å². The number of fused-ring (bicyclic) bond motifs is 1. The van der Waals surface area contributed by atoms with Gasteiger partial charge < -0.3 is 15.1 Å². The zero-order valence-corrected chi connectivity index (χ0v) is 16.8. The number of anilines is 2. The van der Waals surface area contributed by atoms with Crippen LogP contribution in [0, 0.1) is 5.92 Å². The smallest absolute Gasteiger partial charge is 0.226 e. The fourth-order valence-corrected chi connectivity index (χ4v) is 4.31. The third kappa shape index (κ3) is 4.13. The van der Waals surface area contributed by atoms with Gasteiger partial charge in [0.25, 0.3) is 0 Å². The van der Waals surface area contributed by atoms with Gasteiger partial charge in [-0.15, -0.1) is 0 Å². The number of aromatic nitrogens is 3. The maximum atomic E-state index is 13.1. The molecule has 0 bridgehead atoms. The number of pyridine rings is 1. The van der Waals surface area contributed by atoms with Crippen molar-refractivity contribution in [3.05, 3.63) is 35.8 Å². The SMILES string of the molecule is CN(C)c1ccc(N[C@H]2CCCN(C(=O)[C@H]3CCc4cn[nH]c4C3)CC2)cn1. The number of H-pyrrole nitrogens is 1. The molecule has 0 aromatic carbocycles. The van der Waals surface area contributed by atoms with Crippen molar-refractivity contribution in [3.63, 3.8) is 0 Å². The van der Waals surface area contributed by atoms with Crippen molar-refractivity contribution in [1.82, 2.24) is 20.1 Å². The highest BCUT2D eigenvalue weighted by Gasteiger charge is 2.30. The largest absolute Gasteiger partial charge is 0.381 e. The number of likely N-dealkylation sites (tertiary alicyclic amines) is 1. The Balaban J connectivity index is 1.31. The minimum Gasteiger partial charge on any atom is -0.381 e. The molecule has 2 aromatic rings. The molecule has 150 valence electrons. The Hall–Kier alpha value is -2.57. The number of nitrogens with zero attached hydrogens (tertiary/aromatic N) is 4. The molecule has 28 heavy (non-hydrogen) atoms. The molecular formula is C21H30N6O. The molecule has 0 spiro atoms. The lowest BCUT2D eigenvalue weighted by Gasteiger charge is -2.28. The fraction of sp³-hybridized carbons (Fsp3) is 0.571. The van der Waals surface area contributed by atoms with Crippen LogP contribution >= 0.6 is 0 Å². The molecule has 1 aliphatic carbocycles. The summed E-state index contributed by atoms with van der Waals surface area (Å²) in [6.07, 6.45) is 9.58. The Morgan fingerprint density at radius 1 is 1.21 bits per heavy atom. The molecule has 0 unspecified atom stereocenters. The number of aryl methyl sites for hydroxylation is 1. The second-order valence-corrected chi connectivity index (χ2v) is 8.21. The number of hydrogen-bond donors (Lipinski definition) is 2. The minimum atomic E-state index is 0.0974. The lowest BCUT2D eigenvalue weighted by molar-refractivity contribution is -0.135. The standard InChI is InChI=1S/C21H30N6O/c1-26(2)20-8-7-18(14-22-20)24-17-4-3-10-27(11-9-17)21(28)15-5-6-16-13-23-25-19(16)12-15/h7-8,13-15,17,24H,3-6,9-12H2,1-2H3,(H,23,25)/t15-,17-/m0/s1. The van der Waals surface area contributed by atoms with Gasteiger partial charge in [-0.2, -0.15) is 5.10 Å². The van der Waals surface area contributed by atoms with Crippen LogP contribution in [-0.4, -0.2) is 59.2 Å². The number of nitrogens with one attached hydrogen (secondary N) is 2. The van der Waals surface area contributed by atoms with Gasteiger partial charge in [0.1, 0.15) is 5.82 Å². The number of aromatic amines is 1. The van der Waals surface area contributed by atoms with Gasteiger partial charge in [-0.3, -0.25) is 9.89 Å². The van der Waals surface area contributed by atoms with E-state index in [2.05, 4.69) is 31.5 Å². The first-order chi connectivity index (χ1) is 13.6. The van der Waals surface area contributed by atoms with Gasteiger partial charge >= 0.3 is 0 Å². The first kappa shape index (κ1) is 18.8. The molecule has 3 heterocycles. The van der Waals surface area contributed by atoms with Crippen molar-refractivity contribution >= 4 is 17.4 Å². The molecule has 1 amide bonds. The van der Waals surface area contributed by atoms with E-state index in [0.29, 0.717) is 11.9 Å². The molecule has 0 radical (unpaired) electrons. The summed E-state index contributed by atoms with van der Waals surface area (Å²) in [5.41, 5.74) is 3.47. The van der Waals surface area contributed by atoms with E-state index >= 15 is 0 Å². The number of hydrogen-bond acceptors (Lipinski definition) is 5. The second-order valence-electron chi connectivity index (χ2n) is 8.21. The Kier molecular flexibility index (Phi) is 5.50. The number of carbonyl (C=O) groups is 1. The summed E-state index contributed by atoms with van der Waals surface area (Å²) in [6.45, 7) is 1.69. The normalized spacial score (nSPS) is 22.3. The van der Waals surface area contributed by atoms with Crippen LogP contribution in [0.1, 0.15) is 36.9 Å². The van der Waals surface area contributed by atoms with E-state index in [1.54, 1.807) is 0 Å². The molecule has 2 atom stereocenters. The van der Waals surface area contributed by atoms with Crippen LogP contribution in [0.5, 0.6) is 0 Å². The van der Waals surface area contributed by atoms with Crippen LogP contribution in [0.3, 0.4) is 0 Å². The summed E-state index contributed by atoms with van der Waals surface area (Å²) < 4.78 is 0. The summed E-state index contributed by atoms with van der Waals surface area (Å²) in [6, 6.07) is 4.50. The maximum absolute atomic E-state index is 13.1. The van der Waals surface area contributed by atoms with Crippen molar-refractivity contribution < 1.29 is 4.79 Å². The van der Waals surface area contributed by atoms with Gasteiger partial charge in [0.05, 0.1) is 18.1 Å². The number of carbonyl (C=O) groups excluding carboxylic acids is 1. The molecule has 1 aliphatic heterocycles. The monoisotopic (exact) mass is 382 g/mol. The summed E-state index contributed by atoms with van der Waals surface area (Å²) in [7, 11) is 3.98. The quantitative estimate of drug-likeness (QED) is 0.849. The van der Waals surface area contributed by atoms with Crippen LogP contribution in [0.15, 0.2) is 24.5 Å². The molecule has 2 aromatic heterocycles. The van der Waals surface area contributed by atoms with Crippen molar-refractivity contribution in [3.8, 4) is 0 Å². The molecule has 2 aliphatic rings. The molecule has 1 saturated heterocycles. The van der Waals surface area contributed by atoms with Crippen molar-refractivity contribution in [2.75, 3.05) is 37.4 Å². The summed E-state index contributed by atoms with van der Waals surface area (Å²) in [4.78, 5) is 21.6. The number of rotatable bonds is 4. The third-order valence-corrected chi connectivity index (χ3v) is 5.99. The molecule has 1 fully saturated rings. The van der Waals surface area contributed by atoms with Crippen LogP contribution in [0.2, 0.25) is 0 Å². The van der Waals surface area contributed by atoms with Crippen LogP contribution in [-0.2, 0) is 17.6 Å². The highest BCUT2D eigenvalue weighted by molar-refractivity contribution is 5.79. The minimum absolute atomic E-state index is 0.0974. The lowest BCUT2D eigenvalue weighted by atomic mass is 9.87. The predicted molar refractivity (Wildman–Crippen MR) is 111 cm³/mol. The Morgan fingerprint density at radius 3 is 2.89 bits per heavy atom. The molecule has 2 N–H and O–H groups in total. The second kappa shape index (κ2) is 8.20. The Morgan fingerprint density at radius 2 is 2.11 bits per heavy atom. The predicted octanol–water partition coefficient (Wildman–Crippen LogP) is 2.47. The van der Waals surface area contributed by atoms with Gasteiger partial charge in [0, 0.05) is 51.3 Å². The Labute approximate surface area is 166 Å². The third-order valence-electron chi connectivity index (χ3n) is 5.99. The van der Waals surface area contributed by atoms with E-state index in [0.717, 1.165) is 68.8 Å². The maximum Gasteiger partial charge on any atom is 0.226 e. The zero-order valence-electron chi connectivity index (χ0n) is 16.8. The molecule has 7 nitrogen and oxygen atoms in total. The van der Waals surface area contributed by atoms with Crippen LogP contribution in [0.25, 0.3) is 0 Å². The first-order valence-corrected chi connectivity index (χ1v) is 10.3. The van der Waals surface area contributed by atoms with Crippen LogP contribution in [0.4, 0.5) is 11.5 Å². The highest BCUT2D eigenvalue weighted by atomic mass is 16.2. The van der Waals surface area contributed by atoms with E-state index in [4.69, 9.17) is 0 Å². The van der Waals surface area contributed by atoms with Gasteiger partial charge in [-0.05, 0) is 49.8 Å². The van der Waals surface area contributed by atoms with E-state index in [1.807, 2.05) is 37.5 Å². The average Bonchev–Trinajstić information content (AvgIpc) is 3.06.